The normalized spacial score (nSPS) is 16.4. The van der Waals surface area contributed by atoms with Crippen molar-refractivity contribution in [2.45, 2.75) is 25.9 Å². The Labute approximate surface area is 141 Å². The van der Waals surface area contributed by atoms with Crippen molar-refractivity contribution < 1.29 is 9.21 Å². The highest BCUT2D eigenvalue weighted by molar-refractivity contribution is 6.28. The third-order valence-electron chi connectivity index (χ3n) is 4.28. The van der Waals surface area contributed by atoms with Crippen LogP contribution in [0.25, 0.3) is 0 Å². The van der Waals surface area contributed by atoms with Gasteiger partial charge in [-0.05, 0) is 55.2 Å². The minimum Gasteiger partial charge on any atom is -0.448 e. The van der Waals surface area contributed by atoms with Gasteiger partial charge in [0.05, 0.1) is 6.54 Å². The summed E-state index contributed by atoms with van der Waals surface area (Å²) in [6.07, 6.45) is 1.77. The first-order chi connectivity index (χ1) is 11.2. The summed E-state index contributed by atoms with van der Waals surface area (Å²) in [5.41, 5.74) is 1.13. The lowest BCUT2D eigenvalue weighted by Gasteiger charge is -2.30. The molecule has 1 aliphatic rings. The molecule has 1 N–H and O–H groups in total. The van der Waals surface area contributed by atoms with Crippen molar-refractivity contribution in [2.75, 3.05) is 13.1 Å². The average molecular weight is 333 g/mol. The molecular formula is C18H21ClN2O2. The van der Waals surface area contributed by atoms with Crippen LogP contribution in [-0.4, -0.2) is 23.9 Å². The van der Waals surface area contributed by atoms with Crippen molar-refractivity contribution in [3.8, 4) is 0 Å². The second-order valence-electron chi connectivity index (χ2n) is 5.96. The van der Waals surface area contributed by atoms with Crippen LogP contribution < -0.4 is 5.32 Å². The number of hydrogen-bond donors (Lipinski definition) is 1. The predicted molar refractivity (Wildman–Crippen MR) is 90.0 cm³/mol. The zero-order valence-corrected chi connectivity index (χ0v) is 13.8. The predicted octanol–water partition coefficient (Wildman–Crippen LogP) is 3.46. The summed E-state index contributed by atoms with van der Waals surface area (Å²) in [6, 6.07) is 13.7. The number of carbonyl (C=O) groups is 1. The summed E-state index contributed by atoms with van der Waals surface area (Å²) in [6.45, 7) is 3.17. The molecule has 1 aromatic heterocycles. The molecule has 4 nitrogen and oxygen atoms in total. The Hall–Kier alpha value is -1.78. The van der Waals surface area contributed by atoms with Gasteiger partial charge in [-0.25, -0.2) is 0 Å². The molecule has 122 valence electrons. The smallest absolute Gasteiger partial charge is 0.223 e. The van der Waals surface area contributed by atoms with Gasteiger partial charge >= 0.3 is 0 Å². The number of halogens is 1. The van der Waals surface area contributed by atoms with Crippen LogP contribution in [0, 0.1) is 5.92 Å². The second-order valence-corrected chi connectivity index (χ2v) is 6.33. The zero-order chi connectivity index (χ0) is 16.1. The SMILES string of the molecule is O=C(NCc1ccccc1)C1CCN(Cc2ccc(Cl)o2)CC1. The lowest BCUT2D eigenvalue weighted by Crippen LogP contribution is -2.40. The number of rotatable bonds is 5. The maximum Gasteiger partial charge on any atom is 0.223 e. The number of piperidine rings is 1. The van der Waals surface area contributed by atoms with Crippen molar-refractivity contribution in [3.05, 3.63) is 59.0 Å². The zero-order valence-electron chi connectivity index (χ0n) is 13.0. The molecule has 3 rings (SSSR count). The van der Waals surface area contributed by atoms with E-state index in [9.17, 15) is 4.79 Å². The molecule has 0 aliphatic carbocycles. The largest absolute Gasteiger partial charge is 0.448 e. The van der Waals surface area contributed by atoms with E-state index in [0.29, 0.717) is 11.8 Å². The Balaban J connectivity index is 1.42. The van der Waals surface area contributed by atoms with Crippen LogP contribution in [0.3, 0.4) is 0 Å². The first kappa shape index (κ1) is 16.1. The number of benzene rings is 1. The molecule has 1 aromatic carbocycles. The molecule has 1 fully saturated rings. The lowest BCUT2D eigenvalue weighted by molar-refractivity contribution is -0.126. The Kier molecular flexibility index (Phi) is 5.36. The van der Waals surface area contributed by atoms with Crippen LogP contribution in [0.1, 0.15) is 24.2 Å². The third kappa shape index (κ3) is 4.60. The van der Waals surface area contributed by atoms with Gasteiger partial charge in [0.1, 0.15) is 5.76 Å². The number of carbonyl (C=O) groups excluding carboxylic acids is 1. The number of nitrogens with one attached hydrogen (secondary N) is 1. The number of nitrogens with zero attached hydrogens (tertiary/aromatic N) is 1. The topological polar surface area (TPSA) is 45.5 Å². The van der Waals surface area contributed by atoms with E-state index in [2.05, 4.69) is 10.2 Å². The lowest BCUT2D eigenvalue weighted by atomic mass is 9.95. The molecule has 1 amide bonds. The van der Waals surface area contributed by atoms with Crippen molar-refractivity contribution in [3.63, 3.8) is 0 Å². The molecule has 0 bridgehead atoms. The molecule has 2 aromatic rings. The van der Waals surface area contributed by atoms with E-state index >= 15 is 0 Å². The van der Waals surface area contributed by atoms with E-state index < -0.39 is 0 Å². The third-order valence-corrected chi connectivity index (χ3v) is 4.48. The molecule has 23 heavy (non-hydrogen) atoms. The molecule has 0 unspecified atom stereocenters. The van der Waals surface area contributed by atoms with Crippen LogP contribution in [0.2, 0.25) is 5.22 Å². The van der Waals surface area contributed by atoms with E-state index in [1.807, 2.05) is 36.4 Å². The summed E-state index contributed by atoms with van der Waals surface area (Å²) >= 11 is 5.79. The Morgan fingerprint density at radius 3 is 2.57 bits per heavy atom. The molecule has 2 heterocycles. The van der Waals surface area contributed by atoms with Gasteiger partial charge in [-0.1, -0.05) is 30.3 Å². The Morgan fingerprint density at radius 2 is 1.91 bits per heavy atom. The van der Waals surface area contributed by atoms with E-state index in [4.69, 9.17) is 16.0 Å². The van der Waals surface area contributed by atoms with Gasteiger partial charge in [0, 0.05) is 12.5 Å². The molecule has 1 aliphatic heterocycles. The van der Waals surface area contributed by atoms with Crippen LogP contribution >= 0.6 is 11.6 Å². The molecule has 0 radical (unpaired) electrons. The summed E-state index contributed by atoms with van der Waals surface area (Å²) in [5, 5.41) is 3.47. The first-order valence-corrected chi connectivity index (χ1v) is 8.37. The monoisotopic (exact) mass is 332 g/mol. The number of furan rings is 1. The van der Waals surface area contributed by atoms with E-state index in [-0.39, 0.29) is 11.8 Å². The standard InChI is InChI=1S/C18H21ClN2O2/c19-17-7-6-16(23-17)13-21-10-8-15(9-11-21)18(22)20-12-14-4-2-1-3-5-14/h1-7,15H,8-13H2,(H,20,22). The van der Waals surface area contributed by atoms with Crippen LogP contribution in [0.15, 0.2) is 46.9 Å². The highest BCUT2D eigenvalue weighted by atomic mass is 35.5. The summed E-state index contributed by atoms with van der Waals surface area (Å²) < 4.78 is 5.39. The molecular weight excluding hydrogens is 312 g/mol. The Bertz CT molecular complexity index is 633. The quantitative estimate of drug-likeness (QED) is 0.912. The van der Waals surface area contributed by atoms with Crippen LogP contribution in [0.4, 0.5) is 0 Å². The molecule has 0 atom stereocenters. The van der Waals surface area contributed by atoms with Crippen LogP contribution in [-0.2, 0) is 17.9 Å². The van der Waals surface area contributed by atoms with Gasteiger partial charge in [0.15, 0.2) is 5.22 Å². The van der Waals surface area contributed by atoms with Gasteiger partial charge < -0.3 is 9.73 Å². The van der Waals surface area contributed by atoms with Gasteiger partial charge in [0.2, 0.25) is 5.91 Å². The summed E-state index contributed by atoms with van der Waals surface area (Å²) in [7, 11) is 0. The van der Waals surface area contributed by atoms with Crippen molar-refractivity contribution in [1.29, 1.82) is 0 Å². The number of amides is 1. The Morgan fingerprint density at radius 1 is 1.17 bits per heavy atom. The minimum atomic E-state index is 0.107. The number of hydrogen-bond acceptors (Lipinski definition) is 3. The fraction of sp³-hybridized carbons (Fsp3) is 0.389. The summed E-state index contributed by atoms with van der Waals surface area (Å²) in [5.74, 6) is 1.15. The average Bonchev–Trinajstić information content (AvgIpc) is 2.99. The maximum absolute atomic E-state index is 12.3. The van der Waals surface area contributed by atoms with Crippen LogP contribution in [0.5, 0.6) is 0 Å². The van der Waals surface area contributed by atoms with E-state index in [1.165, 1.54) is 0 Å². The van der Waals surface area contributed by atoms with E-state index in [1.54, 1.807) is 6.07 Å². The molecule has 0 spiro atoms. The van der Waals surface area contributed by atoms with Crippen molar-refractivity contribution in [2.24, 2.45) is 5.92 Å². The second kappa shape index (κ2) is 7.66. The van der Waals surface area contributed by atoms with E-state index in [0.717, 1.165) is 43.8 Å². The first-order valence-electron chi connectivity index (χ1n) is 7.99. The maximum atomic E-state index is 12.3. The highest BCUT2D eigenvalue weighted by Gasteiger charge is 2.25. The molecule has 5 heteroatoms. The summed E-state index contributed by atoms with van der Waals surface area (Å²) in [4.78, 5) is 14.6. The van der Waals surface area contributed by atoms with Gasteiger partial charge in [0.25, 0.3) is 0 Å². The molecule has 1 saturated heterocycles. The fourth-order valence-electron chi connectivity index (χ4n) is 2.94. The fourth-order valence-corrected chi connectivity index (χ4v) is 3.10. The minimum absolute atomic E-state index is 0.107. The number of likely N-dealkylation sites (tertiary alicyclic amines) is 1. The molecule has 0 saturated carbocycles. The van der Waals surface area contributed by atoms with Crippen molar-refractivity contribution >= 4 is 17.5 Å². The van der Waals surface area contributed by atoms with Gasteiger partial charge in [-0.3, -0.25) is 9.69 Å². The highest BCUT2D eigenvalue weighted by Crippen LogP contribution is 2.21. The van der Waals surface area contributed by atoms with Gasteiger partial charge in [-0.2, -0.15) is 0 Å². The van der Waals surface area contributed by atoms with Gasteiger partial charge in [-0.15, -0.1) is 0 Å². The van der Waals surface area contributed by atoms with Crippen molar-refractivity contribution in [1.82, 2.24) is 10.2 Å².